The van der Waals surface area contributed by atoms with E-state index in [0.717, 1.165) is 0 Å². The zero-order valence-corrected chi connectivity index (χ0v) is 12.0. The van der Waals surface area contributed by atoms with Crippen molar-refractivity contribution >= 4 is 0 Å². The molecular formula is C12H22O11. The van der Waals surface area contributed by atoms with E-state index < -0.39 is 74.6 Å². The number of aliphatic hydroxyl groups excluding tert-OH is 8. The fourth-order valence-corrected chi connectivity index (χ4v) is 2.46. The molecule has 0 aliphatic carbocycles. The van der Waals surface area contributed by atoms with Crippen LogP contribution in [0, 0.1) is 0 Å². The van der Waals surface area contributed by atoms with Crippen LogP contribution >= 0.6 is 0 Å². The second-order valence-electron chi connectivity index (χ2n) is 5.57. The first-order valence-corrected chi connectivity index (χ1v) is 7.07. The van der Waals surface area contributed by atoms with E-state index in [1.54, 1.807) is 0 Å². The molecule has 5 unspecified atom stereocenters. The van der Waals surface area contributed by atoms with Crippen LogP contribution in [-0.2, 0) is 14.2 Å². The van der Waals surface area contributed by atoms with E-state index >= 15 is 0 Å². The lowest BCUT2D eigenvalue weighted by atomic mass is 9.98. The summed E-state index contributed by atoms with van der Waals surface area (Å²) < 4.78 is 15.1. The molecule has 2 aliphatic heterocycles. The van der Waals surface area contributed by atoms with Gasteiger partial charge in [0.25, 0.3) is 0 Å². The van der Waals surface area contributed by atoms with Gasteiger partial charge >= 0.3 is 0 Å². The first-order chi connectivity index (χ1) is 10.8. The van der Waals surface area contributed by atoms with Crippen LogP contribution in [0.25, 0.3) is 0 Å². The summed E-state index contributed by atoms with van der Waals surface area (Å²) in [5.41, 5.74) is 0. The second kappa shape index (κ2) is 7.63. The normalized spacial score (nSPS) is 51.7. The van der Waals surface area contributed by atoms with Crippen molar-refractivity contribution in [1.29, 1.82) is 0 Å². The Morgan fingerprint density at radius 2 is 1.22 bits per heavy atom. The van der Waals surface area contributed by atoms with Crippen LogP contribution in [0.1, 0.15) is 0 Å². The summed E-state index contributed by atoms with van der Waals surface area (Å²) in [5, 5.41) is 76.1. The Morgan fingerprint density at radius 3 is 1.83 bits per heavy atom. The predicted molar refractivity (Wildman–Crippen MR) is 68.6 cm³/mol. The van der Waals surface area contributed by atoms with E-state index in [0.29, 0.717) is 0 Å². The Kier molecular flexibility index (Phi) is 6.27. The molecule has 11 heteroatoms. The summed E-state index contributed by atoms with van der Waals surface area (Å²) >= 11 is 0. The molecule has 2 heterocycles. The monoisotopic (exact) mass is 342 g/mol. The number of hydrogen-bond donors (Lipinski definition) is 8. The van der Waals surface area contributed by atoms with Crippen molar-refractivity contribution in [2.45, 2.75) is 61.4 Å². The number of aliphatic hydroxyl groups is 8. The summed E-state index contributed by atoms with van der Waals surface area (Å²) in [6.45, 7) is -1.10. The van der Waals surface area contributed by atoms with Gasteiger partial charge in [-0.3, -0.25) is 0 Å². The minimum atomic E-state index is -1.74. The molecule has 2 aliphatic rings. The molecule has 8 N–H and O–H groups in total. The summed E-state index contributed by atoms with van der Waals surface area (Å²) in [5.74, 6) is 0. The molecule has 0 aromatic carbocycles. The van der Waals surface area contributed by atoms with E-state index in [-0.39, 0.29) is 0 Å². The quantitative estimate of drug-likeness (QED) is 0.243. The van der Waals surface area contributed by atoms with Gasteiger partial charge in [-0.1, -0.05) is 0 Å². The van der Waals surface area contributed by atoms with Crippen molar-refractivity contribution in [1.82, 2.24) is 0 Å². The molecule has 0 spiro atoms. The van der Waals surface area contributed by atoms with Crippen molar-refractivity contribution in [3.05, 3.63) is 0 Å². The molecule has 2 fully saturated rings. The Balaban J connectivity index is 1.94. The van der Waals surface area contributed by atoms with Crippen molar-refractivity contribution in [2.24, 2.45) is 0 Å². The van der Waals surface area contributed by atoms with Gasteiger partial charge in [-0.05, 0) is 0 Å². The van der Waals surface area contributed by atoms with E-state index in [4.69, 9.17) is 19.3 Å². The lowest BCUT2D eigenvalue weighted by Crippen LogP contribution is -2.61. The Labute approximate surface area is 130 Å². The zero-order valence-electron chi connectivity index (χ0n) is 12.0. The smallest absolute Gasteiger partial charge is 0.186 e. The summed E-state index contributed by atoms with van der Waals surface area (Å²) in [4.78, 5) is 0. The van der Waals surface area contributed by atoms with Gasteiger partial charge in [0.05, 0.1) is 13.2 Å². The third-order valence-corrected chi connectivity index (χ3v) is 3.96. The van der Waals surface area contributed by atoms with Crippen LogP contribution in [0.3, 0.4) is 0 Å². The minimum absolute atomic E-state index is 0.468. The molecule has 0 saturated carbocycles. The van der Waals surface area contributed by atoms with Gasteiger partial charge < -0.3 is 55.1 Å². The highest BCUT2D eigenvalue weighted by atomic mass is 16.7. The van der Waals surface area contributed by atoms with Gasteiger partial charge in [-0.25, -0.2) is 0 Å². The maximum absolute atomic E-state index is 9.78. The van der Waals surface area contributed by atoms with Crippen LogP contribution in [0.2, 0.25) is 0 Å². The van der Waals surface area contributed by atoms with E-state index in [1.165, 1.54) is 0 Å². The highest BCUT2D eigenvalue weighted by Gasteiger charge is 2.46. The standard InChI is InChI=1S/C12H22O11/c13-1-3-5(14)8(17)10(19)12(23-3)21-2-4-6(15)7(16)9(18)11(20)22-4/h3-20H,1-2H2/t3?,4?,5-,6-,7+,8+,9?,10?,11?,12+/m0/s1. The number of ether oxygens (including phenoxy) is 3. The van der Waals surface area contributed by atoms with Gasteiger partial charge in [0, 0.05) is 0 Å². The lowest BCUT2D eigenvalue weighted by Gasteiger charge is -2.41. The minimum Gasteiger partial charge on any atom is -0.394 e. The molecule has 23 heavy (non-hydrogen) atoms. The van der Waals surface area contributed by atoms with E-state index in [1.807, 2.05) is 0 Å². The fourth-order valence-electron chi connectivity index (χ4n) is 2.46. The lowest BCUT2D eigenvalue weighted by molar-refractivity contribution is -0.325. The molecule has 0 aromatic rings. The molecule has 136 valence electrons. The average Bonchev–Trinajstić information content (AvgIpc) is 2.54. The molecule has 0 bridgehead atoms. The zero-order chi connectivity index (χ0) is 17.3. The Bertz CT molecular complexity index is 380. The van der Waals surface area contributed by atoms with Crippen LogP contribution in [0.4, 0.5) is 0 Å². The maximum atomic E-state index is 9.78. The highest BCUT2D eigenvalue weighted by Crippen LogP contribution is 2.24. The molecule has 0 amide bonds. The summed E-state index contributed by atoms with van der Waals surface area (Å²) in [7, 11) is 0. The molecule has 2 saturated heterocycles. The number of rotatable bonds is 4. The second-order valence-corrected chi connectivity index (χ2v) is 5.57. The van der Waals surface area contributed by atoms with E-state index in [2.05, 4.69) is 0 Å². The third-order valence-electron chi connectivity index (χ3n) is 3.96. The Hall–Kier alpha value is -0.440. The van der Waals surface area contributed by atoms with Gasteiger partial charge in [-0.15, -0.1) is 0 Å². The third kappa shape index (κ3) is 3.81. The molecule has 0 aromatic heterocycles. The average molecular weight is 342 g/mol. The van der Waals surface area contributed by atoms with Gasteiger partial charge in [-0.2, -0.15) is 0 Å². The van der Waals surface area contributed by atoms with Gasteiger partial charge in [0.15, 0.2) is 12.6 Å². The number of hydrogen-bond acceptors (Lipinski definition) is 11. The largest absolute Gasteiger partial charge is 0.394 e. The first kappa shape index (κ1) is 18.9. The fraction of sp³-hybridized carbons (Fsp3) is 1.00. The predicted octanol–water partition coefficient (Wildman–Crippen LogP) is -5.40. The van der Waals surface area contributed by atoms with Gasteiger partial charge in [0.1, 0.15) is 48.8 Å². The summed E-state index contributed by atoms with van der Waals surface area (Å²) in [6, 6.07) is 0. The topological polar surface area (TPSA) is 190 Å². The van der Waals surface area contributed by atoms with Crippen molar-refractivity contribution in [3.8, 4) is 0 Å². The van der Waals surface area contributed by atoms with Crippen molar-refractivity contribution in [2.75, 3.05) is 13.2 Å². The molecule has 0 radical (unpaired) electrons. The van der Waals surface area contributed by atoms with Crippen LogP contribution < -0.4 is 0 Å². The molecular weight excluding hydrogens is 320 g/mol. The van der Waals surface area contributed by atoms with Crippen LogP contribution in [0.15, 0.2) is 0 Å². The van der Waals surface area contributed by atoms with E-state index in [9.17, 15) is 35.7 Å². The summed E-state index contributed by atoms with van der Waals surface area (Å²) in [6.07, 6.45) is -15.3. The SMILES string of the molecule is OCC1O[C@@H](OCC2OC(O)C(O)[C@H](O)[C@H]2O)C(O)[C@H](O)[C@H]1O. The maximum Gasteiger partial charge on any atom is 0.186 e. The van der Waals surface area contributed by atoms with Crippen LogP contribution in [-0.4, -0.2) is 115 Å². The van der Waals surface area contributed by atoms with Gasteiger partial charge in [0.2, 0.25) is 0 Å². The van der Waals surface area contributed by atoms with Crippen molar-refractivity contribution < 1.29 is 55.1 Å². The molecule has 11 nitrogen and oxygen atoms in total. The Morgan fingerprint density at radius 1 is 0.652 bits per heavy atom. The first-order valence-electron chi connectivity index (χ1n) is 7.07. The van der Waals surface area contributed by atoms with Crippen LogP contribution in [0.5, 0.6) is 0 Å². The van der Waals surface area contributed by atoms with Crippen molar-refractivity contribution in [3.63, 3.8) is 0 Å². The highest BCUT2D eigenvalue weighted by molar-refractivity contribution is 4.91. The molecule has 2 rings (SSSR count). The molecule has 10 atom stereocenters.